The van der Waals surface area contributed by atoms with Crippen LogP contribution in [-0.4, -0.2) is 24.5 Å². The van der Waals surface area contributed by atoms with E-state index in [1.54, 1.807) is 15.6 Å². The highest BCUT2D eigenvalue weighted by Crippen LogP contribution is 2.09. The molecular formula is C19H17N5O. The van der Waals surface area contributed by atoms with Gasteiger partial charge in [0.2, 0.25) is 0 Å². The van der Waals surface area contributed by atoms with Crippen molar-refractivity contribution in [1.82, 2.24) is 24.5 Å². The summed E-state index contributed by atoms with van der Waals surface area (Å²) in [5.41, 5.74) is 3.93. The molecule has 0 atom stereocenters. The van der Waals surface area contributed by atoms with Crippen LogP contribution in [0, 0.1) is 6.92 Å². The molecule has 2 heterocycles. The van der Waals surface area contributed by atoms with Crippen molar-refractivity contribution in [3.63, 3.8) is 0 Å². The van der Waals surface area contributed by atoms with Crippen LogP contribution >= 0.6 is 0 Å². The lowest BCUT2D eigenvalue weighted by molar-refractivity contribution is 0.663. The van der Waals surface area contributed by atoms with Crippen molar-refractivity contribution in [2.75, 3.05) is 0 Å². The Morgan fingerprint density at radius 2 is 1.76 bits per heavy atom. The van der Waals surface area contributed by atoms with E-state index in [9.17, 15) is 4.79 Å². The SMILES string of the molecule is Cc1cccc(Cn2cnc3c(nnn3Cc3ccccc3)c2=O)c1. The van der Waals surface area contributed by atoms with Crippen LogP contribution in [0.5, 0.6) is 0 Å². The zero-order valence-electron chi connectivity index (χ0n) is 13.8. The minimum atomic E-state index is -0.175. The van der Waals surface area contributed by atoms with Crippen molar-refractivity contribution < 1.29 is 0 Å². The summed E-state index contributed by atoms with van der Waals surface area (Å²) in [7, 11) is 0. The van der Waals surface area contributed by atoms with Crippen LogP contribution in [0.2, 0.25) is 0 Å². The Hall–Kier alpha value is -3.28. The average Bonchev–Trinajstić information content (AvgIpc) is 3.02. The molecule has 25 heavy (non-hydrogen) atoms. The zero-order chi connectivity index (χ0) is 17.2. The van der Waals surface area contributed by atoms with Crippen LogP contribution in [0.4, 0.5) is 0 Å². The van der Waals surface area contributed by atoms with Gasteiger partial charge in [0.25, 0.3) is 5.56 Å². The maximum atomic E-state index is 12.7. The van der Waals surface area contributed by atoms with Crippen LogP contribution < -0.4 is 5.56 Å². The number of fused-ring (bicyclic) bond motifs is 1. The molecule has 0 bridgehead atoms. The molecule has 4 aromatic rings. The van der Waals surface area contributed by atoms with Crippen LogP contribution in [0.15, 0.2) is 65.7 Å². The lowest BCUT2D eigenvalue weighted by Gasteiger charge is -2.06. The third kappa shape index (κ3) is 3.06. The van der Waals surface area contributed by atoms with Crippen LogP contribution in [0.1, 0.15) is 16.7 Å². The van der Waals surface area contributed by atoms with Crippen molar-refractivity contribution in [2.24, 2.45) is 0 Å². The second-order valence-corrected chi connectivity index (χ2v) is 6.07. The normalized spacial score (nSPS) is 11.1. The fourth-order valence-electron chi connectivity index (χ4n) is 2.87. The number of hydrogen-bond acceptors (Lipinski definition) is 4. The molecule has 0 unspecified atom stereocenters. The minimum absolute atomic E-state index is 0.175. The lowest BCUT2D eigenvalue weighted by atomic mass is 10.1. The Morgan fingerprint density at radius 3 is 2.56 bits per heavy atom. The second kappa shape index (κ2) is 6.32. The van der Waals surface area contributed by atoms with Gasteiger partial charge in [0.05, 0.1) is 13.1 Å². The highest BCUT2D eigenvalue weighted by atomic mass is 16.1. The van der Waals surface area contributed by atoms with Crippen LogP contribution in [0.25, 0.3) is 11.2 Å². The first-order chi connectivity index (χ1) is 12.2. The number of hydrogen-bond donors (Lipinski definition) is 0. The van der Waals surface area contributed by atoms with Gasteiger partial charge in [-0.2, -0.15) is 0 Å². The van der Waals surface area contributed by atoms with Gasteiger partial charge in [-0.3, -0.25) is 9.36 Å². The fraction of sp³-hybridized carbons (Fsp3) is 0.158. The number of rotatable bonds is 4. The number of aryl methyl sites for hydroxylation is 1. The summed E-state index contributed by atoms with van der Waals surface area (Å²) in [5.74, 6) is 0. The summed E-state index contributed by atoms with van der Waals surface area (Å²) >= 11 is 0. The molecule has 4 rings (SSSR count). The predicted molar refractivity (Wildman–Crippen MR) is 95.4 cm³/mol. The maximum absolute atomic E-state index is 12.7. The smallest absolute Gasteiger partial charge is 0.283 e. The van der Waals surface area contributed by atoms with Crippen LogP contribution in [0.3, 0.4) is 0 Å². The van der Waals surface area contributed by atoms with Gasteiger partial charge in [-0.25, -0.2) is 9.67 Å². The molecule has 124 valence electrons. The predicted octanol–water partition coefficient (Wildman–Crippen LogP) is 2.39. The Balaban J connectivity index is 1.68. The van der Waals surface area contributed by atoms with Gasteiger partial charge in [-0.15, -0.1) is 5.10 Å². The summed E-state index contributed by atoms with van der Waals surface area (Å²) in [4.78, 5) is 17.1. The highest BCUT2D eigenvalue weighted by molar-refractivity contribution is 5.67. The quantitative estimate of drug-likeness (QED) is 0.576. The molecule has 0 aliphatic heterocycles. The molecule has 0 N–H and O–H groups in total. The lowest BCUT2D eigenvalue weighted by Crippen LogP contribution is -2.21. The third-order valence-corrected chi connectivity index (χ3v) is 4.10. The first kappa shape index (κ1) is 15.3. The molecule has 0 saturated carbocycles. The van der Waals surface area contributed by atoms with Crippen molar-refractivity contribution in [1.29, 1.82) is 0 Å². The first-order valence-corrected chi connectivity index (χ1v) is 8.09. The van der Waals surface area contributed by atoms with E-state index in [1.165, 1.54) is 0 Å². The van der Waals surface area contributed by atoms with Crippen molar-refractivity contribution in [3.05, 3.63) is 88.0 Å². The van der Waals surface area contributed by atoms with Crippen molar-refractivity contribution in [2.45, 2.75) is 20.0 Å². The minimum Gasteiger partial charge on any atom is -0.293 e. The van der Waals surface area contributed by atoms with Gasteiger partial charge in [0.1, 0.15) is 6.33 Å². The summed E-state index contributed by atoms with van der Waals surface area (Å²) in [6.45, 7) is 3.03. The fourth-order valence-corrected chi connectivity index (χ4v) is 2.87. The summed E-state index contributed by atoms with van der Waals surface area (Å²) < 4.78 is 3.22. The Bertz CT molecular complexity index is 1080. The molecule has 6 heteroatoms. The number of nitrogens with zero attached hydrogens (tertiary/aromatic N) is 5. The van der Waals surface area contributed by atoms with Gasteiger partial charge in [-0.05, 0) is 18.1 Å². The molecule has 0 aliphatic carbocycles. The van der Waals surface area contributed by atoms with E-state index >= 15 is 0 Å². The van der Waals surface area contributed by atoms with E-state index < -0.39 is 0 Å². The highest BCUT2D eigenvalue weighted by Gasteiger charge is 2.12. The van der Waals surface area contributed by atoms with E-state index in [4.69, 9.17) is 0 Å². The van der Waals surface area contributed by atoms with Gasteiger partial charge in [-0.1, -0.05) is 65.4 Å². The molecule has 0 aliphatic rings. The molecule has 0 spiro atoms. The average molecular weight is 331 g/mol. The molecule has 0 amide bonds. The topological polar surface area (TPSA) is 65.6 Å². The largest absolute Gasteiger partial charge is 0.293 e. The first-order valence-electron chi connectivity index (χ1n) is 8.09. The maximum Gasteiger partial charge on any atom is 0.283 e. The zero-order valence-corrected chi connectivity index (χ0v) is 13.8. The van der Waals surface area contributed by atoms with Gasteiger partial charge in [0, 0.05) is 0 Å². The van der Waals surface area contributed by atoms with Gasteiger partial charge < -0.3 is 0 Å². The molecule has 6 nitrogen and oxygen atoms in total. The summed E-state index contributed by atoms with van der Waals surface area (Å²) in [6, 6.07) is 18.0. The second-order valence-electron chi connectivity index (χ2n) is 6.07. The molecular weight excluding hydrogens is 314 g/mol. The van der Waals surface area contributed by atoms with Crippen molar-refractivity contribution in [3.8, 4) is 0 Å². The molecule has 0 radical (unpaired) electrons. The Labute approximate surface area is 144 Å². The van der Waals surface area contributed by atoms with E-state index in [1.807, 2.05) is 55.5 Å². The van der Waals surface area contributed by atoms with Crippen LogP contribution in [-0.2, 0) is 13.1 Å². The van der Waals surface area contributed by atoms with E-state index in [-0.39, 0.29) is 5.56 Å². The van der Waals surface area contributed by atoms with Crippen molar-refractivity contribution >= 4 is 11.2 Å². The van der Waals surface area contributed by atoms with E-state index in [0.717, 1.165) is 16.7 Å². The summed E-state index contributed by atoms with van der Waals surface area (Å²) in [6.07, 6.45) is 1.57. The standard InChI is InChI=1S/C19H17N5O/c1-14-6-5-9-16(10-14)11-23-13-20-18-17(19(23)25)21-22-24(18)12-15-7-3-2-4-8-15/h2-10,13H,11-12H2,1H3. The Kier molecular flexibility index (Phi) is 3.85. The monoisotopic (exact) mass is 331 g/mol. The van der Waals surface area contributed by atoms with E-state index in [0.29, 0.717) is 24.3 Å². The number of aromatic nitrogens is 5. The van der Waals surface area contributed by atoms with Gasteiger partial charge >= 0.3 is 0 Å². The number of benzene rings is 2. The molecule has 2 aromatic heterocycles. The van der Waals surface area contributed by atoms with Gasteiger partial charge in [0.15, 0.2) is 11.2 Å². The molecule has 0 fully saturated rings. The van der Waals surface area contributed by atoms with E-state index in [2.05, 4.69) is 21.4 Å². The summed E-state index contributed by atoms with van der Waals surface area (Å²) in [5, 5.41) is 8.16. The third-order valence-electron chi connectivity index (χ3n) is 4.10. The molecule has 2 aromatic carbocycles. The Morgan fingerprint density at radius 1 is 0.960 bits per heavy atom. The molecule has 0 saturated heterocycles.